The number of fused-ring (bicyclic) bond motifs is 2. The maximum Gasteiger partial charge on any atom is 0.356 e. The topological polar surface area (TPSA) is 121 Å². The predicted molar refractivity (Wildman–Crippen MR) is 183 cm³/mol. The molecule has 8 nitrogen and oxygen atoms in total. The van der Waals surface area contributed by atoms with Crippen LogP contribution in [-0.2, 0) is 20.0 Å². The van der Waals surface area contributed by atoms with Crippen molar-refractivity contribution in [2.24, 2.45) is 0 Å². The van der Waals surface area contributed by atoms with E-state index in [1.165, 1.54) is 12.1 Å². The molecule has 3 aliphatic rings. The standard InChI is InChI=1S/C34H41ClN2O6P2/c1-7-36-28-16-14-24(44(38,39)40)20-26(28)33(3,4)30(36)18-12-22-10-9-11-23(32(22)35)13-19-31-34(5,6)27-21-25(45(41,42)43)15-17-29(27)37(31)8-2/h12-21H,7-11H2,1-6H3,(H3-,38,39,40,41,42,43)/p+1. The van der Waals surface area contributed by atoms with Crippen molar-refractivity contribution >= 4 is 54.5 Å². The Labute approximate surface area is 270 Å². The first-order chi connectivity index (χ1) is 20.9. The van der Waals surface area contributed by atoms with Crippen LogP contribution >= 0.6 is 26.8 Å². The number of hydrogen-bond acceptors (Lipinski definition) is 3. The molecule has 0 unspecified atom stereocenters. The van der Waals surface area contributed by atoms with Crippen LogP contribution in [-0.4, -0.2) is 43.0 Å². The molecule has 4 N–H and O–H groups in total. The minimum Gasteiger partial charge on any atom is -0.344 e. The Morgan fingerprint density at radius 2 is 1.49 bits per heavy atom. The second kappa shape index (κ2) is 11.9. The predicted octanol–water partition coefficient (Wildman–Crippen LogP) is 6.55. The molecule has 0 amide bonds. The highest BCUT2D eigenvalue weighted by atomic mass is 35.5. The minimum absolute atomic E-state index is 0.0231. The van der Waals surface area contributed by atoms with E-state index in [2.05, 4.69) is 75.3 Å². The van der Waals surface area contributed by atoms with E-state index in [0.29, 0.717) is 13.1 Å². The number of allylic oxidation sites excluding steroid dienone is 8. The summed E-state index contributed by atoms with van der Waals surface area (Å²) in [5, 5.41) is 0.764. The quantitative estimate of drug-likeness (QED) is 0.195. The van der Waals surface area contributed by atoms with E-state index >= 15 is 0 Å². The third-order valence-electron chi connectivity index (χ3n) is 9.40. The fraction of sp³-hybridized carbons (Fsp3) is 0.382. The zero-order chi connectivity index (χ0) is 33.1. The summed E-state index contributed by atoms with van der Waals surface area (Å²) in [5.41, 5.74) is 6.87. The molecule has 0 radical (unpaired) electrons. The summed E-state index contributed by atoms with van der Waals surface area (Å²) in [6, 6.07) is 9.89. The first-order valence-electron chi connectivity index (χ1n) is 15.2. The van der Waals surface area contributed by atoms with Gasteiger partial charge in [-0.3, -0.25) is 9.13 Å². The van der Waals surface area contributed by atoms with Crippen molar-refractivity contribution in [1.29, 1.82) is 0 Å². The van der Waals surface area contributed by atoms with Crippen LogP contribution in [0.3, 0.4) is 0 Å². The largest absolute Gasteiger partial charge is 0.356 e. The first kappa shape index (κ1) is 33.8. The molecule has 0 saturated carbocycles. The fourth-order valence-electron chi connectivity index (χ4n) is 6.94. The van der Waals surface area contributed by atoms with Gasteiger partial charge < -0.3 is 24.5 Å². The Hall–Kier alpha value is -2.54. The molecule has 45 heavy (non-hydrogen) atoms. The third-order valence-corrected chi connectivity index (χ3v) is 11.8. The van der Waals surface area contributed by atoms with Gasteiger partial charge in [-0.05, 0) is 100 Å². The summed E-state index contributed by atoms with van der Waals surface area (Å²) in [6.45, 7) is 13.8. The van der Waals surface area contributed by atoms with Gasteiger partial charge >= 0.3 is 15.2 Å². The monoisotopic (exact) mass is 671 g/mol. The highest BCUT2D eigenvalue weighted by molar-refractivity contribution is 7.60. The Bertz CT molecular complexity index is 1820. The van der Waals surface area contributed by atoms with Gasteiger partial charge in [0.2, 0.25) is 5.69 Å². The van der Waals surface area contributed by atoms with Gasteiger partial charge in [-0.15, -0.1) is 0 Å². The second-order valence-corrected chi connectivity index (χ2v) is 16.5. The molecule has 2 heterocycles. The molecule has 11 heteroatoms. The number of hydrogen-bond donors (Lipinski definition) is 4. The zero-order valence-corrected chi connectivity index (χ0v) is 29.1. The van der Waals surface area contributed by atoms with Crippen molar-refractivity contribution in [3.05, 3.63) is 93.7 Å². The zero-order valence-electron chi connectivity index (χ0n) is 26.6. The van der Waals surface area contributed by atoms with Crippen molar-refractivity contribution in [1.82, 2.24) is 0 Å². The molecule has 0 saturated heterocycles. The Morgan fingerprint density at radius 1 is 0.867 bits per heavy atom. The van der Waals surface area contributed by atoms with Crippen molar-refractivity contribution in [3.8, 4) is 0 Å². The maximum absolute atomic E-state index is 12.0. The lowest BCUT2D eigenvalue weighted by Gasteiger charge is -2.26. The summed E-state index contributed by atoms with van der Waals surface area (Å²) < 4.78 is 26.2. The summed E-state index contributed by atoms with van der Waals surface area (Å²) in [7, 11) is -8.76. The summed E-state index contributed by atoms with van der Waals surface area (Å²) in [6.07, 6.45) is 11.0. The number of likely N-dealkylation sites (N-methyl/N-ethyl adjacent to an activating group) is 1. The Morgan fingerprint density at radius 3 is 2.09 bits per heavy atom. The molecule has 240 valence electrons. The average Bonchev–Trinajstić information content (AvgIpc) is 3.32. The number of anilines is 1. The van der Waals surface area contributed by atoms with Crippen LogP contribution in [0.4, 0.5) is 11.4 Å². The van der Waals surface area contributed by atoms with Crippen LogP contribution in [0.15, 0.2) is 82.6 Å². The molecule has 0 atom stereocenters. The summed E-state index contributed by atoms with van der Waals surface area (Å²) in [4.78, 5) is 41.3. The van der Waals surface area contributed by atoms with Crippen molar-refractivity contribution in [2.45, 2.75) is 71.6 Å². The van der Waals surface area contributed by atoms with Gasteiger partial charge in [0, 0.05) is 46.1 Å². The molecular formula is C34H42ClN2O6P2+. The average molecular weight is 672 g/mol. The van der Waals surface area contributed by atoms with Crippen LogP contribution in [0.2, 0.25) is 0 Å². The van der Waals surface area contributed by atoms with Crippen LogP contribution in [0.25, 0.3) is 0 Å². The van der Waals surface area contributed by atoms with Crippen molar-refractivity contribution in [3.63, 3.8) is 0 Å². The van der Waals surface area contributed by atoms with Crippen molar-refractivity contribution in [2.75, 3.05) is 18.0 Å². The van der Waals surface area contributed by atoms with Crippen LogP contribution in [0.5, 0.6) is 0 Å². The van der Waals surface area contributed by atoms with Gasteiger partial charge in [-0.1, -0.05) is 37.6 Å². The molecule has 5 rings (SSSR count). The minimum atomic E-state index is -4.38. The molecule has 0 fully saturated rings. The van der Waals surface area contributed by atoms with Gasteiger partial charge in [-0.2, -0.15) is 4.58 Å². The Balaban J connectivity index is 1.49. The summed E-state index contributed by atoms with van der Waals surface area (Å²) in [5.74, 6) is 0. The molecule has 2 aromatic rings. The maximum atomic E-state index is 12.0. The number of rotatable bonds is 7. The van der Waals surface area contributed by atoms with Crippen LogP contribution < -0.4 is 15.5 Å². The normalized spacial score (nSPS) is 21.4. The lowest BCUT2D eigenvalue weighted by Crippen LogP contribution is -2.28. The highest BCUT2D eigenvalue weighted by Gasteiger charge is 2.45. The number of halogens is 1. The molecular weight excluding hydrogens is 630 g/mol. The number of nitrogens with zero attached hydrogens (tertiary/aromatic N) is 2. The van der Waals surface area contributed by atoms with E-state index in [1.807, 2.05) is 0 Å². The SMILES string of the molecule is CCN1/C(=C\C=C2\CCCC(/C=C/C3=[N+](CC)c4ccc(P(=O)(O)O)cc4C3(C)C)=C2Cl)C(C)(C)c2cc(P(=O)(O)O)ccc21. The van der Waals surface area contributed by atoms with Gasteiger partial charge in [0.1, 0.15) is 6.54 Å². The van der Waals surface area contributed by atoms with Gasteiger partial charge in [0.15, 0.2) is 5.71 Å². The van der Waals surface area contributed by atoms with Gasteiger partial charge in [0.05, 0.1) is 16.0 Å². The summed E-state index contributed by atoms with van der Waals surface area (Å²) >= 11 is 7.04. The lowest BCUT2D eigenvalue weighted by atomic mass is 9.81. The second-order valence-electron chi connectivity index (χ2n) is 12.9. The molecule has 2 aromatic carbocycles. The first-order valence-corrected chi connectivity index (χ1v) is 18.8. The van der Waals surface area contributed by atoms with E-state index < -0.39 is 26.0 Å². The van der Waals surface area contributed by atoms with E-state index in [4.69, 9.17) is 11.6 Å². The van der Waals surface area contributed by atoms with E-state index in [-0.39, 0.29) is 10.6 Å². The third kappa shape index (κ3) is 6.03. The molecule has 0 bridgehead atoms. The molecule has 1 aliphatic carbocycles. The van der Waals surface area contributed by atoms with Gasteiger partial charge in [0.25, 0.3) is 0 Å². The highest BCUT2D eigenvalue weighted by Crippen LogP contribution is 2.49. The number of benzene rings is 2. The van der Waals surface area contributed by atoms with Gasteiger partial charge in [-0.25, -0.2) is 0 Å². The smallest absolute Gasteiger partial charge is 0.344 e. The van der Waals surface area contributed by atoms with Crippen LogP contribution in [0, 0.1) is 0 Å². The fourth-order valence-corrected chi connectivity index (χ4v) is 8.38. The van der Waals surface area contributed by atoms with E-state index in [1.54, 1.807) is 24.3 Å². The molecule has 0 spiro atoms. The molecule has 0 aromatic heterocycles. The van der Waals surface area contributed by atoms with Crippen molar-refractivity contribution < 1.29 is 33.3 Å². The van der Waals surface area contributed by atoms with Crippen LogP contribution in [0.1, 0.15) is 71.9 Å². The Kier molecular flexibility index (Phi) is 8.96. The van der Waals surface area contributed by atoms with E-state index in [0.717, 1.165) is 69.4 Å². The molecule has 2 aliphatic heterocycles. The van der Waals surface area contributed by atoms with E-state index in [9.17, 15) is 28.7 Å². The lowest BCUT2D eigenvalue weighted by molar-refractivity contribution is -0.433.